The number of nitrogens with one attached hydrogen (secondary N) is 1. The monoisotopic (exact) mass is 450 g/mol. The van der Waals surface area contributed by atoms with Crippen LogP contribution in [0.2, 0.25) is 0 Å². The molecule has 3 rings (SSSR count). The van der Waals surface area contributed by atoms with Crippen LogP contribution < -0.4 is 9.62 Å². The van der Waals surface area contributed by atoms with Crippen molar-refractivity contribution in [3.05, 3.63) is 95.1 Å². The lowest BCUT2D eigenvalue weighted by molar-refractivity contribution is -0.119. The Hall–Kier alpha value is -3.12. The van der Waals surface area contributed by atoms with Crippen LogP contribution in [0, 0.1) is 20.8 Å². The minimum atomic E-state index is -3.92. The number of rotatable bonds is 8. The lowest BCUT2D eigenvalue weighted by atomic mass is 10.0. The highest BCUT2D eigenvalue weighted by molar-refractivity contribution is 7.92. The Balaban J connectivity index is 1.85. The average molecular weight is 451 g/mol. The molecule has 0 fully saturated rings. The molecule has 0 bridgehead atoms. The number of amides is 1. The van der Waals surface area contributed by atoms with Crippen molar-refractivity contribution in [2.45, 2.75) is 38.5 Å². The standard InChI is InChI=1S/C26H30N2O3S/c1-19-10-12-25(13-11-19)32(30,31)28(24-15-20(2)14-21(3)16-24)18-26(29)27-17-22(4)23-8-6-5-7-9-23/h5-16,22H,17-18H2,1-4H3,(H,27,29). The fraction of sp³-hybridized carbons (Fsp3) is 0.269. The van der Waals surface area contributed by atoms with Gasteiger partial charge in [-0.1, -0.05) is 61.0 Å². The summed E-state index contributed by atoms with van der Waals surface area (Å²) in [5.74, 6) is -0.230. The second kappa shape index (κ2) is 10.0. The van der Waals surface area contributed by atoms with Gasteiger partial charge in [-0.25, -0.2) is 8.42 Å². The van der Waals surface area contributed by atoms with E-state index in [2.05, 4.69) is 5.32 Å². The zero-order chi connectivity index (χ0) is 23.3. The van der Waals surface area contributed by atoms with E-state index < -0.39 is 10.0 Å². The summed E-state index contributed by atoms with van der Waals surface area (Å²) in [6.07, 6.45) is 0. The number of aryl methyl sites for hydroxylation is 3. The Kier molecular flexibility index (Phi) is 7.36. The number of sulfonamides is 1. The summed E-state index contributed by atoms with van der Waals surface area (Å²) in [6, 6.07) is 22.1. The Morgan fingerprint density at radius 1 is 0.875 bits per heavy atom. The molecule has 0 saturated carbocycles. The summed E-state index contributed by atoms with van der Waals surface area (Å²) < 4.78 is 28.2. The predicted molar refractivity (Wildman–Crippen MR) is 129 cm³/mol. The third-order valence-electron chi connectivity index (χ3n) is 5.36. The summed E-state index contributed by atoms with van der Waals surface area (Å²) in [5.41, 5.74) is 4.43. The maximum atomic E-state index is 13.5. The smallest absolute Gasteiger partial charge is 0.264 e. The van der Waals surface area contributed by atoms with Crippen molar-refractivity contribution in [3.8, 4) is 0 Å². The predicted octanol–water partition coefficient (Wildman–Crippen LogP) is 4.73. The molecule has 0 aliphatic rings. The van der Waals surface area contributed by atoms with Gasteiger partial charge in [0.1, 0.15) is 6.54 Å². The molecule has 0 spiro atoms. The van der Waals surface area contributed by atoms with Gasteiger partial charge in [0, 0.05) is 6.54 Å². The molecule has 1 unspecified atom stereocenters. The molecule has 0 heterocycles. The highest BCUT2D eigenvalue weighted by atomic mass is 32.2. The normalized spacial score (nSPS) is 12.2. The number of hydrogen-bond acceptors (Lipinski definition) is 3. The van der Waals surface area contributed by atoms with Crippen molar-refractivity contribution in [2.75, 3.05) is 17.4 Å². The van der Waals surface area contributed by atoms with Crippen molar-refractivity contribution in [3.63, 3.8) is 0 Å². The van der Waals surface area contributed by atoms with Crippen LogP contribution in [-0.2, 0) is 14.8 Å². The van der Waals surface area contributed by atoms with Gasteiger partial charge in [-0.3, -0.25) is 9.10 Å². The van der Waals surface area contributed by atoms with Crippen molar-refractivity contribution in [1.29, 1.82) is 0 Å². The maximum Gasteiger partial charge on any atom is 0.264 e. The Morgan fingerprint density at radius 3 is 2.06 bits per heavy atom. The summed E-state index contributed by atoms with van der Waals surface area (Å²) in [7, 11) is -3.92. The van der Waals surface area contributed by atoms with E-state index in [1.165, 1.54) is 4.31 Å². The fourth-order valence-corrected chi connectivity index (χ4v) is 5.00. The van der Waals surface area contributed by atoms with Crippen LogP contribution in [0.25, 0.3) is 0 Å². The zero-order valence-electron chi connectivity index (χ0n) is 19.0. The van der Waals surface area contributed by atoms with E-state index in [0.29, 0.717) is 12.2 Å². The van der Waals surface area contributed by atoms with Crippen LogP contribution in [0.4, 0.5) is 5.69 Å². The number of benzene rings is 3. The number of anilines is 1. The molecule has 0 saturated heterocycles. The molecule has 3 aromatic rings. The molecule has 6 heteroatoms. The van der Waals surface area contributed by atoms with Gasteiger partial charge in [0.05, 0.1) is 10.6 Å². The van der Waals surface area contributed by atoms with Crippen molar-refractivity contribution < 1.29 is 13.2 Å². The first kappa shape index (κ1) is 23.5. The Morgan fingerprint density at radius 2 is 1.47 bits per heavy atom. The lowest BCUT2D eigenvalue weighted by Crippen LogP contribution is -2.41. The van der Waals surface area contributed by atoms with Crippen LogP contribution in [-0.4, -0.2) is 27.4 Å². The fourth-order valence-electron chi connectivity index (χ4n) is 3.60. The second-order valence-electron chi connectivity index (χ2n) is 8.29. The van der Waals surface area contributed by atoms with E-state index >= 15 is 0 Å². The third-order valence-corrected chi connectivity index (χ3v) is 7.15. The van der Waals surface area contributed by atoms with Gasteiger partial charge in [0.15, 0.2) is 0 Å². The van der Waals surface area contributed by atoms with E-state index in [4.69, 9.17) is 0 Å². The molecule has 168 valence electrons. The molecule has 32 heavy (non-hydrogen) atoms. The van der Waals surface area contributed by atoms with Gasteiger partial charge in [0.2, 0.25) is 5.91 Å². The van der Waals surface area contributed by atoms with Crippen molar-refractivity contribution >= 4 is 21.6 Å². The maximum absolute atomic E-state index is 13.5. The van der Waals surface area contributed by atoms with E-state index in [-0.39, 0.29) is 23.3 Å². The first-order valence-electron chi connectivity index (χ1n) is 10.7. The van der Waals surface area contributed by atoms with E-state index in [9.17, 15) is 13.2 Å². The largest absolute Gasteiger partial charge is 0.354 e. The van der Waals surface area contributed by atoms with E-state index in [1.54, 1.807) is 36.4 Å². The summed E-state index contributed by atoms with van der Waals surface area (Å²) in [6.45, 7) is 7.89. The topological polar surface area (TPSA) is 66.5 Å². The average Bonchev–Trinajstić information content (AvgIpc) is 2.76. The Bertz CT molecular complexity index is 1150. The molecule has 0 aliphatic carbocycles. The van der Waals surface area contributed by atoms with Crippen LogP contribution in [0.3, 0.4) is 0 Å². The molecule has 1 N–H and O–H groups in total. The van der Waals surface area contributed by atoms with Gasteiger partial charge in [-0.2, -0.15) is 0 Å². The number of hydrogen-bond donors (Lipinski definition) is 1. The molecule has 0 aromatic heterocycles. The van der Waals surface area contributed by atoms with Gasteiger partial charge in [0.25, 0.3) is 10.0 Å². The van der Waals surface area contributed by atoms with Gasteiger partial charge in [-0.05, 0) is 67.6 Å². The van der Waals surface area contributed by atoms with Crippen LogP contribution >= 0.6 is 0 Å². The van der Waals surface area contributed by atoms with Crippen molar-refractivity contribution in [2.24, 2.45) is 0 Å². The highest BCUT2D eigenvalue weighted by Gasteiger charge is 2.27. The number of nitrogens with zero attached hydrogens (tertiary/aromatic N) is 1. The quantitative estimate of drug-likeness (QED) is 0.540. The zero-order valence-corrected chi connectivity index (χ0v) is 19.8. The third kappa shape index (κ3) is 5.77. The minimum absolute atomic E-state index is 0.114. The number of carbonyl (C=O) groups is 1. The molecular weight excluding hydrogens is 420 g/mol. The summed E-state index contributed by atoms with van der Waals surface area (Å²) >= 11 is 0. The van der Waals surface area contributed by atoms with Gasteiger partial charge in [-0.15, -0.1) is 0 Å². The highest BCUT2D eigenvalue weighted by Crippen LogP contribution is 2.26. The summed E-state index contributed by atoms with van der Waals surface area (Å²) in [5, 5.41) is 2.90. The molecule has 3 aromatic carbocycles. The first-order valence-corrected chi connectivity index (χ1v) is 12.1. The second-order valence-corrected chi connectivity index (χ2v) is 10.1. The Labute approximate surface area is 191 Å². The minimum Gasteiger partial charge on any atom is -0.354 e. The molecule has 0 aliphatic heterocycles. The van der Waals surface area contributed by atoms with Gasteiger partial charge < -0.3 is 5.32 Å². The molecule has 0 radical (unpaired) electrons. The van der Waals surface area contributed by atoms with Crippen LogP contribution in [0.5, 0.6) is 0 Å². The molecular formula is C26H30N2O3S. The lowest BCUT2D eigenvalue weighted by Gasteiger charge is -2.25. The number of carbonyl (C=O) groups excluding carboxylic acids is 1. The first-order chi connectivity index (χ1) is 15.2. The van der Waals surface area contributed by atoms with E-state index in [0.717, 1.165) is 22.3 Å². The molecule has 1 amide bonds. The SMILES string of the molecule is Cc1ccc(S(=O)(=O)N(CC(=O)NCC(C)c2ccccc2)c2cc(C)cc(C)c2)cc1. The van der Waals surface area contributed by atoms with Crippen LogP contribution in [0.1, 0.15) is 35.1 Å². The van der Waals surface area contributed by atoms with Crippen LogP contribution in [0.15, 0.2) is 77.7 Å². The molecule has 5 nitrogen and oxygen atoms in total. The van der Waals surface area contributed by atoms with E-state index in [1.807, 2.05) is 64.1 Å². The molecule has 1 atom stereocenters. The van der Waals surface area contributed by atoms with Crippen molar-refractivity contribution in [1.82, 2.24) is 5.32 Å². The van der Waals surface area contributed by atoms with Gasteiger partial charge >= 0.3 is 0 Å². The summed E-state index contributed by atoms with van der Waals surface area (Å²) in [4.78, 5) is 13.0.